The number of benzene rings is 1. The third-order valence-corrected chi connectivity index (χ3v) is 3.84. The average Bonchev–Trinajstić information content (AvgIpc) is 2.67. The van der Waals surface area contributed by atoms with Gasteiger partial charge in [0.15, 0.2) is 0 Å². The number of methoxy groups -OCH3 is 1. The van der Waals surface area contributed by atoms with Crippen molar-refractivity contribution in [3.63, 3.8) is 0 Å². The Morgan fingerprint density at radius 1 is 1.12 bits per heavy atom. The van der Waals surface area contributed by atoms with Crippen LogP contribution in [0.3, 0.4) is 0 Å². The zero-order valence-electron chi connectivity index (χ0n) is 15.5. The van der Waals surface area contributed by atoms with Crippen molar-refractivity contribution >= 4 is 17.5 Å². The Bertz CT molecular complexity index is 755. The number of ether oxygens (including phenoxy) is 1. The molecule has 1 aromatic heterocycles. The Balaban J connectivity index is 2.16. The van der Waals surface area contributed by atoms with Crippen LogP contribution in [-0.4, -0.2) is 41.9 Å². The van der Waals surface area contributed by atoms with E-state index in [1.165, 1.54) is 12.3 Å². The number of carbonyl (C=O) groups is 2. The first-order valence-corrected chi connectivity index (χ1v) is 8.79. The van der Waals surface area contributed by atoms with Crippen LogP contribution < -0.4 is 10.1 Å². The maximum Gasteiger partial charge on any atom is 0.274 e. The van der Waals surface area contributed by atoms with Crippen molar-refractivity contribution in [2.24, 2.45) is 0 Å². The highest BCUT2D eigenvalue weighted by Gasteiger charge is 2.17. The van der Waals surface area contributed by atoms with Crippen LogP contribution in [0.15, 0.2) is 42.6 Å². The number of carbonyl (C=O) groups excluding carboxylic acids is 2. The summed E-state index contributed by atoms with van der Waals surface area (Å²) in [5.41, 5.74) is 1.27. The summed E-state index contributed by atoms with van der Waals surface area (Å²) in [4.78, 5) is 31.1. The molecule has 138 valence electrons. The van der Waals surface area contributed by atoms with E-state index in [1.54, 1.807) is 42.3 Å². The molecule has 26 heavy (non-hydrogen) atoms. The smallest absolute Gasteiger partial charge is 0.274 e. The van der Waals surface area contributed by atoms with Gasteiger partial charge in [-0.05, 0) is 37.1 Å². The van der Waals surface area contributed by atoms with Gasteiger partial charge in [-0.3, -0.25) is 14.6 Å². The van der Waals surface area contributed by atoms with Crippen LogP contribution in [0.5, 0.6) is 5.75 Å². The first-order valence-electron chi connectivity index (χ1n) is 8.79. The molecule has 6 heteroatoms. The van der Waals surface area contributed by atoms with Crippen LogP contribution in [0.4, 0.5) is 5.69 Å². The van der Waals surface area contributed by atoms with Gasteiger partial charge >= 0.3 is 0 Å². The molecule has 0 radical (unpaired) electrons. The highest BCUT2D eigenvalue weighted by Crippen LogP contribution is 2.17. The van der Waals surface area contributed by atoms with E-state index < -0.39 is 0 Å². The largest absolute Gasteiger partial charge is 0.497 e. The van der Waals surface area contributed by atoms with Crippen molar-refractivity contribution in [1.29, 1.82) is 0 Å². The zero-order valence-corrected chi connectivity index (χ0v) is 15.5. The molecule has 2 aromatic rings. The SMILES string of the molecule is CCCN(CCC)C(=O)c1ccnc(C(=O)Nc2cccc(OC)c2)c1. The quantitative estimate of drug-likeness (QED) is 0.785. The van der Waals surface area contributed by atoms with Crippen LogP contribution in [0.2, 0.25) is 0 Å². The summed E-state index contributed by atoms with van der Waals surface area (Å²) in [6.45, 7) is 5.46. The summed E-state index contributed by atoms with van der Waals surface area (Å²) < 4.78 is 5.15. The third-order valence-electron chi connectivity index (χ3n) is 3.84. The number of nitrogens with zero attached hydrogens (tertiary/aromatic N) is 2. The number of hydrogen-bond donors (Lipinski definition) is 1. The number of amides is 2. The molecule has 0 saturated heterocycles. The van der Waals surface area contributed by atoms with Crippen LogP contribution in [0.25, 0.3) is 0 Å². The minimum Gasteiger partial charge on any atom is -0.497 e. The predicted octanol–water partition coefficient (Wildman–Crippen LogP) is 3.60. The second-order valence-electron chi connectivity index (χ2n) is 5.91. The summed E-state index contributed by atoms with van der Waals surface area (Å²) >= 11 is 0. The first-order chi connectivity index (χ1) is 12.6. The highest BCUT2D eigenvalue weighted by atomic mass is 16.5. The maximum absolute atomic E-state index is 12.7. The van der Waals surface area contributed by atoms with E-state index in [-0.39, 0.29) is 17.5 Å². The Hall–Kier alpha value is -2.89. The van der Waals surface area contributed by atoms with Gasteiger partial charge in [0, 0.05) is 36.6 Å². The molecule has 2 amide bonds. The fraction of sp³-hybridized carbons (Fsp3) is 0.350. The molecule has 6 nitrogen and oxygen atoms in total. The van der Waals surface area contributed by atoms with Gasteiger partial charge in [-0.15, -0.1) is 0 Å². The van der Waals surface area contributed by atoms with E-state index in [4.69, 9.17) is 4.74 Å². The van der Waals surface area contributed by atoms with Crippen LogP contribution in [0.1, 0.15) is 47.5 Å². The van der Waals surface area contributed by atoms with Gasteiger partial charge in [-0.2, -0.15) is 0 Å². The fourth-order valence-corrected chi connectivity index (χ4v) is 2.62. The molecule has 0 fully saturated rings. The Kier molecular flexibility index (Phi) is 7.14. The fourth-order valence-electron chi connectivity index (χ4n) is 2.62. The van der Waals surface area contributed by atoms with Crippen LogP contribution >= 0.6 is 0 Å². The van der Waals surface area contributed by atoms with Crippen molar-refractivity contribution in [2.45, 2.75) is 26.7 Å². The molecule has 0 aliphatic rings. The Labute approximate surface area is 154 Å². The van der Waals surface area contributed by atoms with E-state index in [2.05, 4.69) is 10.3 Å². The molecule has 2 rings (SSSR count). The Morgan fingerprint density at radius 3 is 2.50 bits per heavy atom. The van der Waals surface area contributed by atoms with Crippen LogP contribution in [-0.2, 0) is 0 Å². The summed E-state index contributed by atoms with van der Waals surface area (Å²) in [7, 11) is 1.57. The van der Waals surface area contributed by atoms with Gasteiger partial charge in [-0.25, -0.2) is 0 Å². The number of rotatable bonds is 8. The molecule has 0 atom stereocenters. The molecule has 0 spiro atoms. The molecule has 0 unspecified atom stereocenters. The van der Waals surface area contributed by atoms with Gasteiger partial charge in [0.1, 0.15) is 11.4 Å². The molecule has 0 bridgehead atoms. The van der Waals surface area contributed by atoms with Crippen molar-refractivity contribution in [2.75, 3.05) is 25.5 Å². The normalized spacial score (nSPS) is 10.3. The molecular formula is C20H25N3O3. The van der Waals surface area contributed by atoms with Crippen LogP contribution in [0, 0.1) is 0 Å². The second-order valence-corrected chi connectivity index (χ2v) is 5.91. The molecule has 1 heterocycles. The van der Waals surface area contributed by atoms with Crippen molar-refractivity contribution < 1.29 is 14.3 Å². The minimum absolute atomic E-state index is 0.0773. The van der Waals surface area contributed by atoms with E-state index in [0.29, 0.717) is 30.1 Å². The molecule has 1 N–H and O–H groups in total. The lowest BCUT2D eigenvalue weighted by molar-refractivity contribution is 0.0755. The summed E-state index contributed by atoms with van der Waals surface area (Å²) in [6, 6.07) is 10.2. The lowest BCUT2D eigenvalue weighted by Gasteiger charge is -2.21. The number of aromatic nitrogens is 1. The van der Waals surface area contributed by atoms with Gasteiger partial charge in [-0.1, -0.05) is 19.9 Å². The average molecular weight is 355 g/mol. The zero-order chi connectivity index (χ0) is 18.9. The second kappa shape index (κ2) is 9.56. The van der Waals surface area contributed by atoms with Gasteiger partial charge in [0.25, 0.3) is 11.8 Å². The summed E-state index contributed by atoms with van der Waals surface area (Å²) in [6.07, 6.45) is 3.27. The number of nitrogens with one attached hydrogen (secondary N) is 1. The molecule has 0 aliphatic heterocycles. The van der Waals surface area contributed by atoms with Crippen molar-refractivity contribution in [1.82, 2.24) is 9.88 Å². The van der Waals surface area contributed by atoms with Gasteiger partial charge < -0.3 is 15.0 Å². The van der Waals surface area contributed by atoms with E-state index in [0.717, 1.165) is 12.8 Å². The lowest BCUT2D eigenvalue weighted by Crippen LogP contribution is -2.32. The monoisotopic (exact) mass is 355 g/mol. The predicted molar refractivity (Wildman–Crippen MR) is 102 cm³/mol. The maximum atomic E-state index is 12.7. The van der Waals surface area contributed by atoms with Crippen molar-refractivity contribution in [3.8, 4) is 5.75 Å². The van der Waals surface area contributed by atoms with Gasteiger partial charge in [0.05, 0.1) is 7.11 Å². The molecule has 0 aliphatic carbocycles. The molecule has 1 aromatic carbocycles. The number of hydrogen-bond acceptors (Lipinski definition) is 4. The van der Waals surface area contributed by atoms with E-state index in [1.807, 2.05) is 13.8 Å². The third kappa shape index (κ3) is 5.05. The molecule has 0 saturated carbocycles. The number of anilines is 1. The topological polar surface area (TPSA) is 71.5 Å². The summed E-state index contributed by atoms with van der Waals surface area (Å²) in [5, 5.41) is 2.77. The van der Waals surface area contributed by atoms with E-state index in [9.17, 15) is 9.59 Å². The minimum atomic E-state index is -0.370. The molecular weight excluding hydrogens is 330 g/mol. The summed E-state index contributed by atoms with van der Waals surface area (Å²) in [5.74, 6) is 0.200. The Morgan fingerprint density at radius 2 is 1.85 bits per heavy atom. The first kappa shape index (κ1) is 19.4. The highest BCUT2D eigenvalue weighted by molar-refractivity contribution is 6.04. The van der Waals surface area contributed by atoms with Crippen molar-refractivity contribution in [3.05, 3.63) is 53.9 Å². The lowest BCUT2D eigenvalue weighted by atomic mass is 10.1. The van der Waals surface area contributed by atoms with E-state index >= 15 is 0 Å². The number of pyridine rings is 1. The standard InChI is InChI=1S/C20H25N3O3/c1-4-11-23(12-5-2)20(25)15-9-10-21-18(13-15)19(24)22-16-7-6-8-17(14-16)26-3/h6-10,13-14H,4-5,11-12H2,1-3H3,(H,22,24). The van der Waals surface area contributed by atoms with Gasteiger partial charge in [0.2, 0.25) is 0 Å².